The maximum Gasteiger partial charge on any atom is 0.317 e. The molecule has 108 valence electrons. The van der Waals surface area contributed by atoms with E-state index in [0.29, 0.717) is 19.6 Å². The highest BCUT2D eigenvalue weighted by atomic mass is 16.5. The van der Waals surface area contributed by atoms with E-state index in [4.69, 9.17) is 4.74 Å². The van der Waals surface area contributed by atoms with Crippen molar-refractivity contribution in [2.45, 2.75) is 44.7 Å². The minimum Gasteiger partial charge on any atom is -0.481 e. The van der Waals surface area contributed by atoms with Gasteiger partial charge in [-0.15, -0.1) is 0 Å². The molecule has 0 aromatic heterocycles. The zero-order valence-corrected chi connectivity index (χ0v) is 11.5. The monoisotopic (exact) mass is 270 g/mol. The first kappa shape index (κ1) is 14.1. The summed E-state index contributed by atoms with van der Waals surface area (Å²) in [4.78, 5) is 25.2. The average Bonchev–Trinajstić information content (AvgIpc) is 2.99. The standard InChI is InChI=1S/C13H22N2O4/c1-13(11(16)17)6-3-4-10(13)14-12(18)15(2)9-5-7-19-8-9/h9-10H,3-8H2,1-2H3,(H,14,18)(H,16,17). The number of amides is 2. The van der Waals surface area contributed by atoms with E-state index in [1.54, 1.807) is 18.9 Å². The number of carbonyl (C=O) groups excluding carboxylic acids is 1. The summed E-state index contributed by atoms with van der Waals surface area (Å²) >= 11 is 0. The number of urea groups is 1. The lowest BCUT2D eigenvalue weighted by Crippen LogP contribution is -2.52. The van der Waals surface area contributed by atoms with Crippen LogP contribution >= 0.6 is 0 Å². The van der Waals surface area contributed by atoms with E-state index in [2.05, 4.69) is 5.32 Å². The molecule has 3 unspecified atom stereocenters. The minimum absolute atomic E-state index is 0.0949. The van der Waals surface area contributed by atoms with Crippen LogP contribution in [0.2, 0.25) is 0 Å². The van der Waals surface area contributed by atoms with Gasteiger partial charge in [0.05, 0.1) is 18.1 Å². The van der Waals surface area contributed by atoms with Crippen molar-refractivity contribution in [3.63, 3.8) is 0 Å². The third-order valence-corrected chi connectivity index (χ3v) is 4.52. The predicted octanol–water partition coefficient (Wildman–Crippen LogP) is 1.06. The van der Waals surface area contributed by atoms with Crippen molar-refractivity contribution in [3.8, 4) is 0 Å². The van der Waals surface area contributed by atoms with Crippen LogP contribution in [-0.4, -0.2) is 54.4 Å². The molecule has 2 amide bonds. The molecule has 6 nitrogen and oxygen atoms in total. The fourth-order valence-corrected chi connectivity index (χ4v) is 2.90. The van der Waals surface area contributed by atoms with Crippen LogP contribution in [0, 0.1) is 5.41 Å². The maximum atomic E-state index is 12.2. The van der Waals surface area contributed by atoms with Crippen LogP contribution < -0.4 is 5.32 Å². The van der Waals surface area contributed by atoms with E-state index in [0.717, 1.165) is 19.3 Å². The molecular weight excluding hydrogens is 248 g/mol. The van der Waals surface area contributed by atoms with E-state index >= 15 is 0 Å². The third-order valence-electron chi connectivity index (χ3n) is 4.52. The van der Waals surface area contributed by atoms with Crippen LogP contribution in [0.15, 0.2) is 0 Å². The van der Waals surface area contributed by atoms with Crippen molar-refractivity contribution in [1.29, 1.82) is 0 Å². The maximum absolute atomic E-state index is 12.2. The van der Waals surface area contributed by atoms with E-state index in [1.165, 1.54) is 0 Å². The van der Waals surface area contributed by atoms with Gasteiger partial charge >= 0.3 is 12.0 Å². The number of likely N-dealkylation sites (N-methyl/N-ethyl adjacent to an activating group) is 1. The molecule has 1 aliphatic carbocycles. The minimum atomic E-state index is -0.845. The summed E-state index contributed by atoms with van der Waals surface area (Å²) in [7, 11) is 1.74. The molecule has 2 N–H and O–H groups in total. The molecule has 1 saturated carbocycles. The number of hydrogen-bond acceptors (Lipinski definition) is 3. The molecule has 0 radical (unpaired) electrons. The topological polar surface area (TPSA) is 78.9 Å². The van der Waals surface area contributed by atoms with Crippen molar-refractivity contribution in [3.05, 3.63) is 0 Å². The molecule has 1 saturated heterocycles. The number of nitrogens with one attached hydrogen (secondary N) is 1. The molecule has 0 spiro atoms. The molecular formula is C13H22N2O4. The van der Waals surface area contributed by atoms with Crippen LogP contribution in [-0.2, 0) is 9.53 Å². The number of rotatable bonds is 3. The molecule has 0 aromatic rings. The second kappa shape index (κ2) is 5.36. The van der Waals surface area contributed by atoms with E-state index in [1.807, 2.05) is 0 Å². The number of carboxylic acid groups (broad SMARTS) is 1. The Morgan fingerprint density at radius 1 is 1.42 bits per heavy atom. The smallest absolute Gasteiger partial charge is 0.317 e. The van der Waals surface area contributed by atoms with Crippen LogP contribution in [0.5, 0.6) is 0 Å². The summed E-state index contributed by atoms with van der Waals surface area (Å²) in [5.74, 6) is -0.831. The highest BCUT2D eigenvalue weighted by Gasteiger charge is 2.46. The lowest BCUT2D eigenvalue weighted by atomic mass is 9.85. The lowest BCUT2D eigenvalue weighted by molar-refractivity contribution is -0.148. The molecule has 1 aliphatic heterocycles. The van der Waals surface area contributed by atoms with Gasteiger partial charge in [-0.25, -0.2) is 4.79 Å². The zero-order valence-electron chi connectivity index (χ0n) is 11.5. The van der Waals surface area contributed by atoms with E-state index in [-0.39, 0.29) is 18.1 Å². The molecule has 0 aromatic carbocycles. The average molecular weight is 270 g/mol. The highest BCUT2D eigenvalue weighted by Crippen LogP contribution is 2.38. The van der Waals surface area contributed by atoms with Crippen LogP contribution in [0.4, 0.5) is 4.79 Å². The van der Waals surface area contributed by atoms with Crippen LogP contribution in [0.25, 0.3) is 0 Å². The molecule has 0 bridgehead atoms. The highest BCUT2D eigenvalue weighted by molar-refractivity contribution is 5.79. The van der Waals surface area contributed by atoms with Crippen molar-refractivity contribution in [2.75, 3.05) is 20.3 Å². The summed E-state index contributed by atoms with van der Waals surface area (Å²) in [6.45, 7) is 2.95. The normalized spacial score (nSPS) is 34.2. The van der Waals surface area contributed by atoms with Crippen molar-refractivity contribution < 1.29 is 19.4 Å². The summed E-state index contributed by atoms with van der Waals surface area (Å²) < 4.78 is 5.26. The van der Waals surface area contributed by atoms with Gasteiger partial charge in [-0.1, -0.05) is 6.42 Å². The van der Waals surface area contributed by atoms with Gasteiger partial charge in [0.1, 0.15) is 0 Å². The van der Waals surface area contributed by atoms with Gasteiger partial charge in [0.25, 0.3) is 0 Å². The molecule has 19 heavy (non-hydrogen) atoms. The van der Waals surface area contributed by atoms with Gasteiger partial charge in [-0.2, -0.15) is 0 Å². The van der Waals surface area contributed by atoms with E-state index < -0.39 is 11.4 Å². The SMILES string of the molecule is CN(C(=O)NC1CCCC1(C)C(=O)O)C1CCOC1. The van der Waals surface area contributed by atoms with Crippen LogP contribution in [0.3, 0.4) is 0 Å². The number of aliphatic carboxylic acids is 1. The number of carboxylic acids is 1. The first-order valence-electron chi connectivity index (χ1n) is 6.79. The fourth-order valence-electron chi connectivity index (χ4n) is 2.90. The fraction of sp³-hybridized carbons (Fsp3) is 0.846. The Morgan fingerprint density at radius 3 is 2.74 bits per heavy atom. The van der Waals surface area contributed by atoms with Gasteiger partial charge in [-0.3, -0.25) is 4.79 Å². The Bertz CT molecular complexity index is 368. The second-order valence-corrected chi connectivity index (χ2v) is 5.75. The Balaban J connectivity index is 1.96. The van der Waals surface area contributed by atoms with Gasteiger partial charge in [-0.05, 0) is 26.2 Å². The van der Waals surface area contributed by atoms with Gasteiger partial charge in [0.2, 0.25) is 0 Å². The van der Waals surface area contributed by atoms with Gasteiger partial charge in [0, 0.05) is 19.7 Å². The van der Waals surface area contributed by atoms with E-state index in [9.17, 15) is 14.7 Å². The van der Waals surface area contributed by atoms with Gasteiger partial charge < -0.3 is 20.1 Å². The Labute approximate surface area is 113 Å². The quantitative estimate of drug-likeness (QED) is 0.803. The second-order valence-electron chi connectivity index (χ2n) is 5.75. The molecule has 3 atom stereocenters. The van der Waals surface area contributed by atoms with Gasteiger partial charge in [0.15, 0.2) is 0 Å². The summed E-state index contributed by atoms with van der Waals surface area (Å²) in [6, 6.07) is -0.394. The first-order valence-corrected chi connectivity index (χ1v) is 6.79. The Hall–Kier alpha value is -1.30. The zero-order chi connectivity index (χ0) is 14.0. The molecule has 6 heteroatoms. The third kappa shape index (κ3) is 2.68. The van der Waals surface area contributed by atoms with Crippen molar-refractivity contribution in [1.82, 2.24) is 10.2 Å². The Kier molecular flexibility index (Phi) is 3.99. The first-order chi connectivity index (χ1) is 8.95. The predicted molar refractivity (Wildman–Crippen MR) is 68.9 cm³/mol. The summed E-state index contributed by atoms with van der Waals surface area (Å²) in [5, 5.41) is 12.2. The van der Waals surface area contributed by atoms with Crippen molar-refractivity contribution >= 4 is 12.0 Å². The summed E-state index contributed by atoms with van der Waals surface area (Å²) in [6.07, 6.45) is 3.02. The molecule has 2 rings (SSSR count). The molecule has 1 heterocycles. The molecule has 2 fully saturated rings. The summed E-state index contributed by atoms with van der Waals surface area (Å²) in [5.41, 5.74) is -0.845. The Morgan fingerprint density at radius 2 is 2.16 bits per heavy atom. The number of nitrogens with zero attached hydrogens (tertiary/aromatic N) is 1. The van der Waals surface area contributed by atoms with Crippen molar-refractivity contribution in [2.24, 2.45) is 5.41 Å². The van der Waals surface area contributed by atoms with Crippen LogP contribution in [0.1, 0.15) is 32.6 Å². The lowest BCUT2D eigenvalue weighted by Gasteiger charge is -2.31. The number of carbonyl (C=O) groups is 2. The molecule has 2 aliphatic rings. The number of hydrogen-bond donors (Lipinski definition) is 2. The number of ether oxygens (including phenoxy) is 1. The largest absolute Gasteiger partial charge is 0.481 e.